The number of ether oxygens (including phenoxy) is 2. The van der Waals surface area contributed by atoms with E-state index in [0.717, 1.165) is 12.0 Å². The zero-order valence-corrected chi connectivity index (χ0v) is 13.0. The van der Waals surface area contributed by atoms with Gasteiger partial charge in [0.05, 0.1) is 13.7 Å². The van der Waals surface area contributed by atoms with E-state index in [2.05, 4.69) is 0 Å². The molecule has 5 nitrogen and oxygen atoms in total. The Hall–Kier alpha value is -1.04. The molecule has 0 atom stereocenters. The van der Waals surface area contributed by atoms with E-state index in [-0.39, 0.29) is 48.2 Å². The van der Waals surface area contributed by atoms with Crippen molar-refractivity contribution < 1.29 is 53.7 Å². The van der Waals surface area contributed by atoms with Crippen molar-refractivity contribution in [3.8, 4) is 11.5 Å². The zero-order valence-electron chi connectivity index (χ0n) is 11.0. The summed E-state index contributed by atoms with van der Waals surface area (Å²) in [6.45, 7) is 0.572. The van der Waals surface area contributed by atoms with E-state index in [1.54, 1.807) is 12.1 Å². The van der Waals surface area contributed by atoms with Crippen LogP contribution >= 0.6 is 0 Å². The van der Waals surface area contributed by atoms with Crippen molar-refractivity contribution in [2.24, 2.45) is 0 Å². The van der Waals surface area contributed by atoms with Crippen molar-refractivity contribution in [2.45, 2.75) is 19.3 Å². The largest absolute Gasteiger partial charge is 1.00 e. The summed E-state index contributed by atoms with van der Waals surface area (Å²) in [4.78, 5) is 22.2. The predicted octanol–water partition coefficient (Wildman–Crippen LogP) is -2.65. The maximum Gasteiger partial charge on any atom is 1.00 e. The van der Waals surface area contributed by atoms with E-state index in [4.69, 9.17) is 9.47 Å². The van der Waals surface area contributed by atoms with Gasteiger partial charge < -0.3 is 19.4 Å². The van der Waals surface area contributed by atoms with E-state index < -0.39 is 5.97 Å². The summed E-state index contributed by atoms with van der Waals surface area (Å²) in [5.74, 6) is -0.261. The van der Waals surface area contributed by atoms with Crippen LogP contribution in [0.4, 0.5) is 0 Å². The van der Waals surface area contributed by atoms with E-state index in [0.29, 0.717) is 23.7 Å². The number of carboxylic acids is 1. The number of carbonyl (C=O) groups excluding carboxylic acids is 2. The first-order valence-electron chi connectivity index (χ1n) is 5.68. The number of carbonyl (C=O) groups is 2. The molecule has 0 aliphatic carbocycles. The average molecular weight is 272 g/mol. The molecule has 1 aromatic carbocycles. The molecule has 0 spiro atoms. The van der Waals surface area contributed by atoms with Crippen LogP contribution < -0.4 is 44.1 Å². The van der Waals surface area contributed by atoms with Crippen molar-refractivity contribution in [1.29, 1.82) is 0 Å². The van der Waals surface area contributed by atoms with Crippen LogP contribution in [-0.4, -0.2) is 25.5 Å². The number of hydrogen-bond acceptors (Lipinski definition) is 5. The fourth-order valence-electron chi connectivity index (χ4n) is 1.95. The summed E-state index contributed by atoms with van der Waals surface area (Å²) in [5, 5.41) is 10.3. The van der Waals surface area contributed by atoms with Crippen LogP contribution in [0, 0.1) is 0 Å². The van der Waals surface area contributed by atoms with E-state index in [1.165, 1.54) is 7.11 Å². The molecule has 96 valence electrons. The molecule has 0 amide bonds. The number of carboxylic acid groups (broad SMARTS) is 1. The summed E-state index contributed by atoms with van der Waals surface area (Å²) in [6.07, 6.45) is 0.396. The topological polar surface area (TPSA) is 75.7 Å². The van der Waals surface area contributed by atoms with Crippen molar-refractivity contribution in [3.05, 3.63) is 23.3 Å². The SMILES string of the molecule is COc1cc(C(=O)CCC(=O)[O-])cc2c1OCC2.[Na+]. The molecular formula is C13H13NaO5. The van der Waals surface area contributed by atoms with Crippen molar-refractivity contribution >= 4 is 11.8 Å². The number of rotatable bonds is 5. The summed E-state index contributed by atoms with van der Waals surface area (Å²) < 4.78 is 10.6. The molecule has 0 unspecified atom stereocenters. The third-order valence-electron chi connectivity index (χ3n) is 2.85. The standard InChI is InChI=1S/C13H14O5.Na/c1-17-11-7-9(10(14)2-3-12(15)16)6-8-4-5-18-13(8)11;/h6-7H,2-5H2,1H3,(H,15,16);/q;+1/p-1. The van der Waals surface area contributed by atoms with Gasteiger partial charge in [-0.05, 0) is 18.6 Å². The minimum Gasteiger partial charge on any atom is -0.550 e. The van der Waals surface area contributed by atoms with E-state index in [1.807, 2.05) is 0 Å². The number of ketones is 1. The molecule has 2 rings (SSSR count). The van der Waals surface area contributed by atoms with Gasteiger partial charge in [-0.1, -0.05) is 0 Å². The van der Waals surface area contributed by atoms with Gasteiger partial charge in [0, 0.05) is 29.9 Å². The molecule has 1 aliphatic heterocycles. The Morgan fingerprint density at radius 1 is 1.37 bits per heavy atom. The molecule has 0 fully saturated rings. The Kier molecular flexibility index (Phi) is 5.85. The Morgan fingerprint density at radius 3 is 2.74 bits per heavy atom. The summed E-state index contributed by atoms with van der Waals surface area (Å²) in [5.41, 5.74) is 1.38. The van der Waals surface area contributed by atoms with Gasteiger partial charge in [-0.2, -0.15) is 0 Å². The molecule has 1 heterocycles. The van der Waals surface area contributed by atoms with Crippen LogP contribution in [0.2, 0.25) is 0 Å². The number of aliphatic carboxylic acids is 1. The normalized spacial score (nSPS) is 12.1. The van der Waals surface area contributed by atoms with Gasteiger partial charge in [-0.15, -0.1) is 0 Å². The second-order valence-corrected chi connectivity index (χ2v) is 4.06. The average Bonchev–Trinajstić information content (AvgIpc) is 2.82. The molecule has 0 bridgehead atoms. The molecule has 6 heteroatoms. The molecule has 0 radical (unpaired) electrons. The van der Waals surface area contributed by atoms with Crippen LogP contribution in [-0.2, 0) is 11.2 Å². The number of fused-ring (bicyclic) bond motifs is 1. The van der Waals surface area contributed by atoms with Crippen molar-refractivity contribution in [2.75, 3.05) is 13.7 Å². The van der Waals surface area contributed by atoms with Gasteiger partial charge in [0.1, 0.15) is 0 Å². The molecule has 19 heavy (non-hydrogen) atoms. The van der Waals surface area contributed by atoms with Gasteiger partial charge in [0.25, 0.3) is 0 Å². The van der Waals surface area contributed by atoms with Crippen LogP contribution in [0.1, 0.15) is 28.8 Å². The molecule has 1 aliphatic rings. The first kappa shape index (κ1) is 16.0. The van der Waals surface area contributed by atoms with Gasteiger partial charge in [0.2, 0.25) is 0 Å². The molecule has 0 aromatic heterocycles. The summed E-state index contributed by atoms with van der Waals surface area (Å²) >= 11 is 0. The molecule has 1 aromatic rings. The summed E-state index contributed by atoms with van der Waals surface area (Å²) in [7, 11) is 1.51. The second-order valence-electron chi connectivity index (χ2n) is 4.06. The van der Waals surface area contributed by atoms with Crippen LogP contribution in [0.3, 0.4) is 0 Å². The van der Waals surface area contributed by atoms with Gasteiger partial charge in [-0.3, -0.25) is 4.79 Å². The van der Waals surface area contributed by atoms with Crippen molar-refractivity contribution in [3.63, 3.8) is 0 Å². The van der Waals surface area contributed by atoms with E-state index in [9.17, 15) is 14.7 Å². The first-order valence-corrected chi connectivity index (χ1v) is 5.68. The third-order valence-corrected chi connectivity index (χ3v) is 2.85. The smallest absolute Gasteiger partial charge is 0.550 e. The Labute approximate surface area is 133 Å². The Bertz CT molecular complexity index is 498. The fourth-order valence-corrected chi connectivity index (χ4v) is 1.95. The minimum atomic E-state index is -1.22. The molecule has 0 N–H and O–H groups in total. The molecule has 0 saturated heterocycles. The Morgan fingerprint density at radius 2 is 2.11 bits per heavy atom. The van der Waals surface area contributed by atoms with Gasteiger partial charge in [0.15, 0.2) is 17.3 Å². The maximum atomic E-state index is 11.8. The monoisotopic (exact) mass is 272 g/mol. The minimum absolute atomic E-state index is 0. The predicted molar refractivity (Wildman–Crippen MR) is 60.8 cm³/mol. The second kappa shape index (κ2) is 6.93. The van der Waals surface area contributed by atoms with Gasteiger partial charge >= 0.3 is 29.6 Å². The number of methoxy groups -OCH3 is 1. The molecular weight excluding hydrogens is 259 g/mol. The Balaban J connectivity index is 0.00000180. The van der Waals surface area contributed by atoms with E-state index >= 15 is 0 Å². The number of Topliss-reactive ketones (excluding diaryl/α,β-unsaturated/α-hetero) is 1. The molecule has 0 saturated carbocycles. The van der Waals surface area contributed by atoms with Gasteiger partial charge in [-0.25, -0.2) is 0 Å². The number of benzene rings is 1. The van der Waals surface area contributed by atoms with Crippen molar-refractivity contribution in [1.82, 2.24) is 0 Å². The zero-order chi connectivity index (χ0) is 13.1. The quantitative estimate of drug-likeness (QED) is 0.432. The fraction of sp³-hybridized carbons (Fsp3) is 0.385. The van der Waals surface area contributed by atoms with Crippen LogP contribution in [0.15, 0.2) is 12.1 Å². The number of hydrogen-bond donors (Lipinski definition) is 0. The maximum absolute atomic E-state index is 11.8. The summed E-state index contributed by atoms with van der Waals surface area (Å²) in [6, 6.07) is 3.32. The van der Waals surface area contributed by atoms with Crippen LogP contribution in [0.5, 0.6) is 11.5 Å². The van der Waals surface area contributed by atoms with Crippen LogP contribution in [0.25, 0.3) is 0 Å². The third kappa shape index (κ3) is 3.72. The first-order chi connectivity index (χ1) is 8.61.